The molecular weight excluding hydrogens is 226 g/mol. The highest BCUT2D eigenvalue weighted by molar-refractivity contribution is 5.30. The Bertz CT molecular complexity index is 554. The van der Waals surface area contributed by atoms with Crippen molar-refractivity contribution in [2.45, 2.75) is 26.7 Å². The van der Waals surface area contributed by atoms with Crippen molar-refractivity contribution >= 4 is 0 Å². The molecule has 5 heteroatoms. The average Bonchev–Trinajstić information content (AvgIpc) is 2.87. The van der Waals surface area contributed by atoms with Crippen LogP contribution in [0.4, 0.5) is 0 Å². The van der Waals surface area contributed by atoms with E-state index in [1.807, 2.05) is 44.2 Å². The van der Waals surface area contributed by atoms with Crippen LogP contribution < -0.4 is 0 Å². The van der Waals surface area contributed by atoms with E-state index >= 15 is 0 Å². The second kappa shape index (κ2) is 4.96. The normalized spacial score (nSPS) is 13.8. The number of nitriles is 1. The minimum Gasteiger partial charge on any atom is -0.198 e. The van der Waals surface area contributed by atoms with Crippen molar-refractivity contribution in [2.75, 3.05) is 0 Å². The Labute approximate surface area is 106 Å². The molecule has 0 N–H and O–H groups in total. The Morgan fingerprint density at radius 3 is 2.67 bits per heavy atom. The number of nitrogens with zero attached hydrogens (tertiary/aromatic N) is 5. The van der Waals surface area contributed by atoms with E-state index in [9.17, 15) is 5.26 Å². The highest BCUT2D eigenvalue weighted by Gasteiger charge is 2.25. The molecule has 92 valence electrons. The third-order valence-corrected chi connectivity index (χ3v) is 3.13. The van der Waals surface area contributed by atoms with Gasteiger partial charge in [0.25, 0.3) is 0 Å². The first-order valence-corrected chi connectivity index (χ1v) is 5.92. The number of para-hydroxylation sites is 1. The van der Waals surface area contributed by atoms with Crippen LogP contribution in [-0.4, -0.2) is 20.2 Å². The van der Waals surface area contributed by atoms with Gasteiger partial charge in [0.1, 0.15) is 0 Å². The largest absolute Gasteiger partial charge is 0.198 e. The SMILES string of the molecule is CCC(C)(C#N)Cc1nnnn1-c1ccccc1. The van der Waals surface area contributed by atoms with Crippen LogP contribution in [0.3, 0.4) is 0 Å². The Morgan fingerprint density at radius 1 is 1.33 bits per heavy atom. The maximum atomic E-state index is 9.22. The lowest BCUT2D eigenvalue weighted by molar-refractivity contribution is 0.408. The summed E-state index contributed by atoms with van der Waals surface area (Å²) in [6.07, 6.45) is 1.31. The van der Waals surface area contributed by atoms with Crippen molar-refractivity contribution < 1.29 is 0 Å². The van der Waals surface area contributed by atoms with Gasteiger partial charge in [-0.3, -0.25) is 0 Å². The molecule has 0 bridgehead atoms. The van der Waals surface area contributed by atoms with Crippen LogP contribution in [0.2, 0.25) is 0 Å². The fourth-order valence-corrected chi connectivity index (χ4v) is 1.68. The molecular formula is C13H15N5. The van der Waals surface area contributed by atoms with E-state index in [0.717, 1.165) is 12.1 Å². The minimum atomic E-state index is -0.429. The molecule has 0 spiro atoms. The molecule has 0 aliphatic heterocycles. The van der Waals surface area contributed by atoms with Crippen molar-refractivity contribution in [2.24, 2.45) is 5.41 Å². The standard InChI is InChI=1S/C13H15N5/c1-3-13(2,10-14)9-12-15-16-17-18(12)11-7-5-4-6-8-11/h4-8H,3,9H2,1-2H3. The summed E-state index contributed by atoms with van der Waals surface area (Å²) in [7, 11) is 0. The molecule has 0 amide bonds. The third-order valence-electron chi connectivity index (χ3n) is 3.13. The number of hydrogen-bond donors (Lipinski definition) is 0. The Balaban J connectivity index is 2.33. The fraction of sp³-hybridized carbons (Fsp3) is 0.385. The van der Waals surface area contributed by atoms with Gasteiger partial charge in [-0.05, 0) is 35.9 Å². The quantitative estimate of drug-likeness (QED) is 0.822. The predicted molar refractivity (Wildman–Crippen MR) is 66.9 cm³/mol. The summed E-state index contributed by atoms with van der Waals surface area (Å²) in [5, 5.41) is 20.9. The van der Waals surface area contributed by atoms with Gasteiger partial charge < -0.3 is 0 Å². The highest BCUT2D eigenvalue weighted by atomic mass is 15.5. The van der Waals surface area contributed by atoms with Gasteiger partial charge in [0.2, 0.25) is 0 Å². The minimum absolute atomic E-state index is 0.429. The topological polar surface area (TPSA) is 67.4 Å². The molecule has 18 heavy (non-hydrogen) atoms. The van der Waals surface area contributed by atoms with Gasteiger partial charge >= 0.3 is 0 Å². The van der Waals surface area contributed by atoms with Crippen LogP contribution in [-0.2, 0) is 6.42 Å². The van der Waals surface area contributed by atoms with E-state index in [1.165, 1.54) is 0 Å². The lowest BCUT2D eigenvalue weighted by Gasteiger charge is -2.18. The van der Waals surface area contributed by atoms with Crippen molar-refractivity contribution in [3.05, 3.63) is 36.2 Å². The van der Waals surface area contributed by atoms with Crippen LogP contribution in [0.15, 0.2) is 30.3 Å². The molecule has 1 atom stereocenters. The van der Waals surface area contributed by atoms with Gasteiger partial charge in [-0.15, -0.1) is 5.10 Å². The Hall–Kier alpha value is -2.22. The zero-order valence-corrected chi connectivity index (χ0v) is 10.5. The second-order valence-corrected chi connectivity index (χ2v) is 4.55. The molecule has 2 aromatic rings. The maximum absolute atomic E-state index is 9.22. The van der Waals surface area contributed by atoms with Crippen molar-refractivity contribution in [1.29, 1.82) is 5.26 Å². The molecule has 5 nitrogen and oxygen atoms in total. The summed E-state index contributed by atoms with van der Waals surface area (Å²) in [6.45, 7) is 3.93. The number of benzene rings is 1. The van der Waals surface area contributed by atoms with Gasteiger partial charge in [-0.2, -0.15) is 9.94 Å². The first-order valence-electron chi connectivity index (χ1n) is 5.92. The summed E-state index contributed by atoms with van der Waals surface area (Å²) in [5.41, 5.74) is 0.482. The molecule has 1 aromatic heterocycles. The van der Waals surface area contributed by atoms with Crippen LogP contribution in [0, 0.1) is 16.7 Å². The molecule has 1 unspecified atom stereocenters. The molecule has 2 rings (SSSR count). The van der Waals surface area contributed by atoms with Gasteiger partial charge in [-0.1, -0.05) is 25.1 Å². The van der Waals surface area contributed by atoms with E-state index < -0.39 is 5.41 Å². The van der Waals surface area contributed by atoms with Crippen LogP contribution >= 0.6 is 0 Å². The van der Waals surface area contributed by atoms with E-state index in [2.05, 4.69) is 21.6 Å². The van der Waals surface area contributed by atoms with Crippen molar-refractivity contribution in [3.8, 4) is 11.8 Å². The maximum Gasteiger partial charge on any atom is 0.158 e. The Kier molecular flexibility index (Phi) is 3.38. The molecule has 0 aliphatic carbocycles. The summed E-state index contributed by atoms with van der Waals surface area (Å²) in [6, 6.07) is 12.0. The van der Waals surface area contributed by atoms with Gasteiger partial charge in [0.05, 0.1) is 17.2 Å². The number of rotatable bonds is 4. The molecule has 1 heterocycles. The summed E-state index contributed by atoms with van der Waals surface area (Å²) in [5.74, 6) is 0.715. The average molecular weight is 241 g/mol. The first kappa shape index (κ1) is 12.2. The molecule has 0 fully saturated rings. The summed E-state index contributed by atoms with van der Waals surface area (Å²) >= 11 is 0. The van der Waals surface area contributed by atoms with E-state index in [-0.39, 0.29) is 0 Å². The molecule has 0 saturated carbocycles. The fourth-order valence-electron chi connectivity index (χ4n) is 1.68. The van der Waals surface area contributed by atoms with Gasteiger partial charge in [0.15, 0.2) is 5.82 Å². The van der Waals surface area contributed by atoms with E-state index in [1.54, 1.807) is 4.68 Å². The highest BCUT2D eigenvalue weighted by Crippen LogP contribution is 2.25. The van der Waals surface area contributed by atoms with Crippen LogP contribution in [0.1, 0.15) is 26.1 Å². The van der Waals surface area contributed by atoms with Crippen molar-refractivity contribution in [1.82, 2.24) is 20.2 Å². The smallest absolute Gasteiger partial charge is 0.158 e. The van der Waals surface area contributed by atoms with E-state index in [0.29, 0.717) is 12.2 Å². The first-order chi connectivity index (χ1) is 8.68. The lowest BCUT2D eigenvalue weighted by Crippen LogP contribution is -2.19. The molecule has 0 radical (unpaired) electrons. The zero-order chi connectivity index (χ0) is 13.0. The molecule has 0 aliphatic rings. The monoisotopic (exact) mass is 241 g/mol. The lowest BCUT2D eigenvalue weighted by atomic mass is 9.85. The number of hydrogen-bond acceptors (Lipinski definition) is 4. The molecule has 1 aromatic carbocycles. The van der Waals surface area contributed by atoms with Crippen LogP contribution in [0.5, 0.6) is 0 Å². The van der Waals surface area contributed by atoms with Crippen LogP contribution in [0.25, 0.3) is 5.69 Å². The molecule has 0 saturated heterocycles. The Morgan fingerprint density at radius 2 is 2.06 bits per heavy atom. The zero-order valence-electron chi connectivity index (χ0n) is 10.5. The van der Waals surface area contributed by atoms with Gasteiger partial charge in [-0.25, -0.2) is 0 Å². The third kappa shape index (κ3) is 2.38. The number of aromatic nitrogens is 4. The number of tetrazole rings is 1. The summed E-state index contributed by atoms with van der Waals surface area (Å²) in [4.78, 5) is 0. The van der Waals surface area contributed by atoms with E-state index in [4.69, 9.17) is 0 Å². The van der Waals surface area contributed by atoms with Crippen molar-refractivity contribution in [3.63, 3.8) is 0 Å². The second-order valence-electron chi connectivity index (χ2n) is 4.55. The van der Waals surface area contributed by atoms with Gasteiger partial charge in [0, 0.05) is 6.42 Å². The summed E-state index contributed by atoms with van der Waals surface area (Å²) < 4.78 is 1.69. The predicted octanol–water partition coefficient (Wildman–Crippen LogP) is 2.14.